The van der Waals surface area contributed by atoms with Gasteiger partial charge in [0.05, 0.1) is 11.6 Å². The summed E-state index contributed by atoms with van der Waals surface area (Å²) in [6, 6.07) is 4.36. The van der Waals surface area contributed by atoms with Crippen LogP contribution in [0.15, 0.2) is 12.1 Å². The number of aromatic nitrogens is 2. The molecule has 7 nitrogen and oxygen atoms in total. The van der Waals surface area contributed by atoms with Gasteiger partial charge >= 0.3 is 0 Å². The van der Waals surface area contributed by atoms with Crippen LogP contribution in [0.3, 0.4) is 0 Å². The summed E-state index contributed by atoms with van der Waals surface area (Å²) in [4.78, 5) is 31.0. The van der Waals surface area contributed by atoms with Crippen molar-refractivity contribution in [2.24, 2.45) is 5.92 Å². The predicted octanol–water partition coefficient (Wildman–Crippen LogP) is 0.835. The molecule has 0 N–H and O–H groups in total. The third-order valence-electron chi connectivity index (χ3n) is 5.41. The van der Waals surface area contributed by atoms with Gasteiger partial charge in [-0.2, -0.15) is 5.10 Å². The fourth-order valence-corrected chi connectivity index (χ4v) is 3.82. The molecule has 134 valence electrons. The SMILES string of the molecule is Cc1ccc(N2CCCN(C(=O)[C@H]3CC(=O)N(C4CC4)C3)CC2)nn1. The van der Waals surface area contributed by atoms with Crippen LogP contribution in [0, 0.1) is 12.8 Å². The molecule has 0 radical (unpaired) electrons. The second-order valence-electron chi connectivity index (χ2n) is 7.38. The van der Waals surface area contributed by atoms with E-state index in [1.54, 1.807) is 0 Å². The van der Waals surface area contributed by atoms with Gasteiger partial charge in [-0.3, -0.25) is 9.59 Å². The summed E-state index contributed by atoms with van der Waals surface area (Å²) in [5.41, 5.74) is 0.904. The number of amides is 2. The summed E-state index contributed by atoms with van der Waals surface area (Å²) in [6.45, 7) is 5.61. The highest BCUT2D eigenvalue weighted by molar-refractivity contribution is 5.89. The maximum Gasteiger partial charge on any atom is 0.228 e. The highest BCUT2D eigenvalue weighted by Gasteiger charge is 2.42. The van der Waals surface area contributed by atoms with Crippen molar-refractivity contribution in [2.75, 3.05) is 37.6 Å². The van der Waals surface area contributed by atoms with Gasteiger partial charge in [-0.25, -0.2) is 0 Å². The molecule has 1 atom stereocenters. The molecule has 2 amide bonds. The Hall–Kier alpha value is -2.18. The van der Waals surface area contributed by atoms with Crippen LogP contribution >= 0.6 is 0 Å². The Balaban J connectivity index is 1.36. The summed E-state index contributed by atoms with van der Waals surface area (Å²) in [5, 5.41) is 8.38. The molecule has 3 heterocycles. The maximum atomic E-state index is 12.9. The summed E-state index contributed by atoms with van der Waals surface area (Å²) >= 11 is 0. The second kappa shape index (κ2) is 6.61. The van der Waals surface area contributed by atoms with Crippen molar-refractivity contribution < 1.29 is 9.59 Å². The number of hydrogen-bond acceptors (Lipinski definition) is 5. The average Bonchev–Trinajstić information content (AvgIpc) is 3.41. The van der Waals surface area contributed by atoms with Gasteiger partial charge < -0.3 is 14.7 Å². The molecule has 4 rings (SSSR count). The van der Waals surface area contributed by atoms with Gasteiger partial charge in [0.2, 0.25) is 11.8 Å². The largest absolute Gasteiger partial charge is 0.353 e. The third-order valence-corrected chi connectivity index (χ3v) is 5.41. The summed E-state index contributed by atoms with van der Waals surface area (Å²) in [6.07, 6.45) is 3.50. The Bertz CT molecular complexity index is 658. The highest BCUT2D eigenvalue weighted by Crippen LogP contribution is 2.33. The average molecular weight is 343 g/mol. The Morgan fingerprint density at radius 3 is 2.68 bits per heavy atom. The molecule has 2 saturated heterocycles. The quantitative estimate of drug-likeness (QED) is 0.813. The van der Waals surface area contributed by atoms with E-state index in [-0.39, 0.29) is 17.7 Å². The van der Waals surface area contributed by atoms with E-state index in [0.717, 1.165) is 50.4 Å². The van der Waals surface area contributed by atoms with Crippen LogP contribution in [0.2, 0.25) is 0 Å². The minimum absolute atomic E-state index is 0.147. The van der Waals surface area contributed by atoms with Crippen molar-refractivity contribution in [1.29, 1.82) is 0 Å². The Morgan fingerprint density at radius 2 is 1.96 bits per heavy atom. The number of carbonyl (C=O) groups excluding carboxylic acids is 2. The zero-order valence-corrected chi connectivity index (χ0v) is 14.7. The van der Waals surface area contributed by atoms with Crippen LogP contribution in [0.25, 0.3) is 0 Å². The first-order valence-corrected chi connectivity index (χ1v) is 9.25. The molecule has 25 heavy (non-hydrogen) atoms. The number of likely N-dealkylation sites (tertiary alicyclic amines) is 1. The molecule has 3 fully saturated rings. The molecule has 7 heteroatoms. The fraction of sp³-hybridized carbons (Fsp3) is 0.667. The molecule has 1 aliphatic carbocycles. The molecule has 0 spiro atoms. The summed E-state index contributed by atoms with van der Waals surface area (Å²) in [5.74, 6) is 1.02. The minimum atomic E-state index is -0.154. The number of carbonyl (C=O) groups is 2. The molecular formula is C18H25N5O2. The molecule has 0 aromatic carbocycles. The van der Waals surface area contributed by atoms with Gasteiger partial charge in [-0.1, -0.05) is 0 Å². The summed E-state index contributed by atoms with van der Waals surface area (Å²) in [7, 11) is 0. The topological polar surface area (TPSA) is 69.6 Å². The van der Waals surface area contributed by atoms with E-state index in [0.29, 0.717) is 25.6 Å². The number of nitrogens with zero attached hydrogens (tertiary/aromatic N) is 5. The van der Waals surface area contributed by atoms with Gasteiger partial charge in [0, 0.05) is 45.2 Å². The van der Waals surface area contributed by atoms with Crippen molar-refractivity contribution in [1.82, 2.24) is 20.0 Å². The van der Waals surface area contributed by atoms with Gasteiger partial charge in [0.25, 0.3) is 0 Å². The van der Waals surface area contributed by atoms with Crippen LogP contribution in [0.4, 0.5) is 5.82 Å². The van der Waals surface area contributed by atoms with E-state index in [2.05, 4.69) is 15.1 Å². The van der Waals surface area contributed by atoms with Crippen LogP contribution < -0.4 is 4.90 Å². The number of hydrogen-bond donors (Lipinski definition) is 0. The fourth-order valence-electron chi connectivity index (χ4n) is 3.82. The zero-order valence-electron chi connectivity index (χ0n) is 14.7. The lowest BCUT2D eigenvalue weighted by atomic mass is 10.1. The Labute approximate surface area is 148 Å². The first-order valence-electron chi connectivity index (χ1n) is 9.25. The van der Waals surface area contributed by atoms with Gasteiger partial charge in [0.1, 0.15) is 0 Å². The molecule has 2 aliphatic heterocycles. The molecular weight excluding hydrogens is 318 g/mol. The van der Waals surface area contributed by atoms with E-state index in [4.69, 9.17) is 0 Å². The normalized spacial score (nSPS) is 24.6. The van der Waals surface area contributed by atoms with Gasteiger partial charge in [-0.15, -0.1) is 5.10 Å². The lowest BCUT2D eigenvalue weighted by molar-refractivity contribution is -0.135. The third kappa shape index (κ3) is 3.45. The van der Waals surface area contributed by atoms with Gasteiger partial charge in [-0.05, 0) is 38.3 Å². The van der Waals surface area contributed by atoms with E-state index in [1.165, 1.54) is 0 Å². The Morgan fingerprint density at radius 1 is 1.12 bits per heavy atom. The van der Waals surface area contributed by atoms with Crippen LogP contribution in [0.5, 0.6) is 0 Å². The van der Waals surface area contributed by atoms with Crippen LogP contribution in [0.1, 0.15) is 31.4 Å². The molecule has 0 unspecified atom stereocenters. The number of anilines is 1. The van der Waals surface area contributed by atoms with E-state index < -0.39 is 0 Å². The maximum absolute atomic E-state index is 12.9. The number of aryl methyl sites for hydroxylation is 1. The number of rotatable bonds is 3. The lowest BCUT2D eigenvalue weighted by Crippen LogP contribution is -2.40. The molecule has 3 aliphatic rings. The molecule has 1 aromatic heterocycles. The van der Waals surface area contributed by atoms with Crippen LogP contribution in [-0.4, -0.2) is 70.6 Å². The summed E-state index contributed by atoms with van der Waals surface area (Å²) < 4.78 is 0. The predicted molar refractivity (Wildman–Crippen MR) is 93.0 cm³/mol. The highest BCUT2D eigenvalue weighted by atomic mass is 16.2. The smallest absolute Gasteiger partial charge is 0.228 e. The molecule has 1 aromatic rings. The second-order valence-corrected chi connectivity index (χ2v) is 7.38. The van der Waals surface area contributed by atoms with Crippen molar-refractivity contribution in [3.63, 3.8) is 0 Å². The van der Waals surface area contributed by atoms with E-state index >= 15 is 0 Å². The van der Waals surface area contributed by atoms with Crippen molar-refractivity contribution in [2.45, 2.75) is 38.6 Å². The van der Waals surface area contributed by atoms with Crippen LogP contribution in [-0.2, 0) is 9.59 Å². The zero-order chi connectivity index (χ0) is 17.4. The molecule has 0 bridgehead atoms. The van der Waals surface area contributed by atoms with E-state index in [9.17, 15) is 9.59 Å². The molecule has 1 saturated carbocycles. The Kier molecular flexibility index (Phi) is 4.31. The monoisotopic (exact) mass is 343 g/mol. The first kappa shape index (κ1) is 16.3. The standard InChI is InChI=1S/C18H25N5O2/c1-13-3-6-16(20-19-13)21-7-2-8-22(10-9-21)18(25)14-11-17(24)23(12-14)15-4-5-15/h3,6,14-15H,2,4-5,7-12H2,1H3/t14-/m0/s1. The first-order chi connectivity index (χ1) is 12.1. The van der Waals surface area contributed by atoms with Crippen molar-refractivity contribution in [3.8, 4) is 0 Å². The van der Waals surface area contributed by atoms with Crippen molar-refractivity contribution >= 4 is 17.6 Å². The van der Waals surface area contributed by atoms with Crippen molar-refractivity contribution in [3.05, 3.63) is 17.8 Å². The minimum Gasteiger partial charge on any atom is -0.353 e. The van der Waals surface area contributed by atoms with E-state index in [1.807, 2.05) is 28.9 Å². The van der Waals surface area contributed by atoms with Gasteiger partial charge in [0.15, 0.2) is 5.82 Å². The lowest BCUT2D eigenvalue weighted by Gasteiger charge is -2.24.